The van der Waals surface area contributed by atoms with Crippen LogP contribution >= 0.6 is 0 Å². The van der Waals surface area contributed by atoms with Crippen LogP contribution < -0.4 is 10.1 Å². The van der Waals surface area contributed by atoms with Gasteiger partial charge in [-0.1, -0.05) is 0 Å². The minimum Gasteiger partial charge on any atom is -0.496 e. The number of methoxy groups -OCH3 is 1. The Bertz CT molecular complexity index is 599. The van der Waals surface area contributed by atoms with Gasteiger partial charge in [0.15, 0.2) is 0 Å². The molecule has 2 fully saturated rings. The number of rotatable bonds is 6. The second-order valence-corrected chi connectivity index (χ2v) is 6.95. The van der Waals surface area contributed by atoms with Gasteiger partial charge in [-0.05, 0) is 18.2 Å². The first kappa shape index (κ1) is 19.1. The molecule has 0 aliphatic carbocycles. The van der Waals surface area contributed by atoms with Gasteiger partial charge in [0.25, 0.3) is 0 Å². The maximum atomic E-state index is 13.5. The third-order valence-corrected chi connectivity index (χ3v) is 5.21. The fourth-order valence-electron chi connectivity index (χ4n) is 3.61. The van der Waals surface area contributed by atoms with Crippen LogP contribution in [0.2, 0.25) is 0 Å². The predicted octanol–water partition coefficient (Wildman–Crippen LogP) is 0.774. The van der Waals surface area contributed by atoms with E-state index in [9.17, 15) is 9.18 Å². The Hall–Kier alpha value is -1.70. The average molecular weight is 364 g/mol. The average Bonchev–Trinajstić information content (AvgIpc) is 2.68. The number of nitrogens with one attached hydrogen (secondary N) is 1. The van der Waals surface area contributed by atoms with Crippen molar-refractivity contribution in [1.82, 2.24) is 20.0 Å². The van der Waals surface area contributed by atoms with E-state index in [1.165, 1.54) is 6.07 Å². The monoisotopic (exact) mass is 364 g/mol. The van der Waals surface area contributed by atoms with Gasteiger partial charge in [0.05, 0.1) is 7.11 Å². The highest BCUT2D eigenvalue weighted by Crippen LogP contribution is 2.21. The molecule has 2 saturated heterocycles. The summed E-state index contributed by atoms with van der Waals surface area (Å²) in [7, 11) is 1.62. The normalized spacial score (nSPS) is 19.5. The van der Waals surface area contributed by atoms with Crippen LogP contribution in [0, 0.1) is 5.82 Å². The van der Waals surface area contributed by atoms with Crippen LogP contribution in [0.3, 0.4) is 0 Å². The molecule has 1 N–H and O–H groups in total. The lowest BCUT2D eigenvalue weighted by Crippen LogP contribution is -2.49. The summed E-state index contributed by atoms with van der Waals surface area (Å²) in [6, 6.07) is 4.66. The van der Waals surface area contributed by atoms with E-state index in [2.05, 4.69) is 15.1 Å². The standard InChI is InChI=1S/C19H29FN4O2/c1-26-18-3-2-17(20)14-16(18)15-23-12-10-22(11-13-23)7-4-19(25)24-8-5-21-6-9-24/h2-3,14,21H,4-13,15H2,1H3. The Kier molecular flexibility index (Phi) is 6.82. The molecule has 0 atom stereocenters. The molecular weight excluding hydrogens is 335 g/mol. The molecule has 0 saturated carbocycles. The van der Waals surface area contributed by atoms with Gasteiger partial charge >= 0.3 is 0 Å². The minimum absolute atomic E-state index is 0.231. The Morgan fingerprint density at radius 2 is 1.81 bits per heavy atom. The van der Waals surface area contributed by atoms with Gasteiger partial charge in [-0.25, -0.2) is 4.39 Å². The van der Waals surface area contributed by atoms with E-state index in [-0.39, 0.29) is 11.7 Å². The molecule has 0 bridgehead atoms. The molecule has 1 aromatic carbocycles. The molecule has 1 amide bonds. The van der Waals surface area contributed by atoms with Gasteiger partial charge in [0, 0.05) is 77.4 Å². The zero-order valence-electron chi connectivity index (χ0n) is 15.5. The third kappa shape index (κ3) is 5.16. The van der Waals surface area contributed by atoms with Crippen molar-refractivity contribution in [1.29, 1.82) is 0 Å². The Morgan fingerprint density at radius 3 is 2.50 bits per heavy atom. The Morgan fingerprint density at radius 1 is 1.12 bits per heavy atom. The quantitative estimate of drug-likeness (QED) is 0.808. The summed E-state index contributed by atoms with van der Waals surface area (Å²) in [5.41, 5.74) is 0.884. The number of hydrogen-bond acceptors (Lipinski definition) is 5. The topological polar surface area (TPSA) is 48.1 Å². The molecule has 2 aliphatic heterocycles. The molecule has 0 radical (unpaired) electrons. The molecule has 3 rings (SSSR count). The first-order valence-electron chi connectivity index (χ1n) is 9.41. The number of carbonyl (C=O) groups is 1. The van der Waals surface area contributed by atoms with Crippen molar-refractivity contribution in [3.05, 3.63) is 29.6 Å². The third-order valence-electron chi connectivity index (χ3n) is 5.21. The van der Waals surface area contributed by atoms with Crippen LogP contribution in [0.1, 0.15) is 12.0 Å². The number of hydrogen-bond donors (Lipinski definition) is 1. The van der Waals surface area contributed by atoms with Crippen molar-refractivity contribution in [3.8, 4) is 5.75 Å². The molecule has 0 aromatic heterocycles. The van der Waals surface area contributed by atoms with Crippen molar-refractivity contribution in [2.45, 2.75) is 13.0 Å². The Balaban J connectivity index is 1.41. The lowest BCUT2D eigenvalue weighted by atomic mass is 10.1. The van der Waals surface area contributed by atoms with Crippen LogP contribution in [-0.4, -0.2) is 86.6 Å². The van der Waals surface area contributed by atoms with Gasteiger partial charge in [-0.2, -0.15) is 0 Å². The first-order chi connectivity index (χ1) is 12.7. The molecule has 1 aromatic rings. The predicted molar refractivity (Wildman–Crippen MR) is 98.7 cm³/mol. The van der Waals surface area contributed by atoms with Crippen LogP contribution in [0.4, 0.5) is 4.39 Å². The summed E-state index contributed by atoms with van der Waals surface area (Å²) in [5, 5.41) is 3.27. The molecular formula is C19H29FN4O2. The number of benzene rings is 1. The van der Waals surface area contributed by atoms with Gasteiger partial charge in [-0.3, -0.25) is 9.69 Å². The molecule has 144 valence electrons. The second kappa shape index (κ2) is 9.30. The van der Waals surface area contributed by atoms with E-state index in [1.54, 1.807) is 19.2 Å². The van der Waals surface area contributed by atoms with E-state index in [4.69, 9.17) is 4.74 Å². The number of halogens is 1. The number of piperazine rings is 2. The van der Waals surface area contributed by atoms with Crippen molar-refractivity contribution in [2.75, 3.05) is 66.0 Å². The van der Waals surface area contributed by atoms with Crippen LogP contribution in [0.15, 0.2) is 18.2 Å². The summed E-state index contributed by atoms with van der Waals surface area (Å²) in [6.45, 7) is 8.66. The molecule has 6 nitrogen and oxygen atoms in total. The summed E-state index contributed by atoms with van der Waals surface area (Å²) >= 11 is 0. The molecule has 0 unspecified atom stereocenters. The van der Waals surface area contributed by atoms with E-state index < -0.39 is 0 Å². The van der Waals surface area contributed by atoms with Crippen molar-refractivity contribution >= 4 is 5.91 Å². The van der Waals surface area contributed by atoms with Gasteiger partial charge in [0.2, 0.25) is 5.91 Å². The van der Waals surface area contributed by atoms with Crippen LogP contribution in [-0.2, 0) is 11.3 Å². The summed E-state index contributed by atoms with van der Waals surface area (Å²) in [5.74, 6) is 0.764. The largest absolute Gasteiger partial charge is 0.496 e. The van der Waals surface area contributed by atoms with Gasteiger partial charge in [-0.15, -0.1) is 0 Å². The molecule has 0 spiro atoms. The fourth-order valence-corrected chi connectivity index (χ4v) is 3.61. The zero-order chi connectivity index (χ0) is 18.4. The van der Waals surface area contributed by atoms with E-state index in [1.807, 2.05) is 4.90 Å². The van der Waals surface area contributed by atoms with Gasteiger partial charge in [0.1, 0.15) is 11.6 Å². The Labute approximate surface area is 154 Å². The maximum absolute atomic E-state index is 13.5. The number of carbonyl (C=O) groups excluding carboxylic acids is 1. The summed E-state index contributed by atoms with van der Waals surface area (Å²) < 4.78 is 18.8. The van der Waals surface area contributed by atoms with E-state index >= 15 is 0 Å². The molecule has 26 heavy (non-hydrogen) atoms. The first-order valence-corrected chi connectivity index (χ1v) is 9.41. The van der Waals surface area contributed by atoms with E-state index in [0.29, 0.717) is 13.0 Å². The van der Waals surface area contributed by atoms with Crippen LogP contribution in [0.25, 0.3) is 0 Å². The zero-order valence-corrected chi connectivity index (χ0v) is 15.5. The lowest BCUT2D eigenvalue weighted by molar-refractivity contribution is -0.132. The molecule has 2 aliphatic rings. The number of nitrogens with zero attached hydrogens (tertiary/aromatic N) is 3. The second-order valence-electron chi connectivity index (χ2n) is 6.95. The summed E-state index contributed by atoms with van der Waals surface area (Å²) in [4.78, 5) is 18.9. The van der Waals surface area contributed by atoms with E-state index in [0.717, 1.165) is 70.2 Å². The SMILES string of the molecule is COc1ccc(F)cc1CN1CCN(CCC(=O)N2CCNCC2)CC1. The number of amides is 1. The smallest absolute Gasteiger partial charge is 0.223 e. The highest BCUT2D eigenvalue weighted by molar-refractivity contribution is 5.76. The fraction of sp³-hybridized carbons (Fsp3) is 0.632. The molecule has 2 heterocycles. The van der Waals surface area contributed by atoms with Gasteiger partial charge < -0.3 is 19.9 Å². The highest BCUT2D eigenvalue weighted by atomic mass is 19.1. The molecule has 7 heteroatoms. The minimum atomic E-state index is -0.231. The maximum Gasteiger partial charge on any atom is 0.223 e. The van der Waals surface area contributed by atoms with Crippen molar-refractivity contribution in [2.24, 2.45) is 0 Å². The lowest BCUT2D eigenvalue weighted by Gasteiger charge is -2.35. The highest BCUT2D eigenvalue weighted by Gasteiger charge is 2.21. The van der Waals surface area contributed by atoms with Crippen molar-refractivity contribution < 1.29 is 13.9 Å². The van der Waals surface area contributed by atoms with Crippen molar-refractivity contribution in [3.63, 3.8) is 0 Å². The van der Waals surface area contributed by atoms with Crippen LogP contribution in [0.5, 0.6) is 5.75 Å². The number of ether oxygens (including phenoxy) is 1. The summed E-state index contributed by atoms with van der Waals surface area (Å²) in [6.07, 6.45) is 0.595.